The van der Waals surface area contributed by atoms with E-state index in [1.165, 1.54) is 6.20 Å². The van der Waals surface area contributed by atoms with E-state index >= 15 is 0 Å². The number of nitrogen functional groups attached to an aromatic ring is 1. The van der Waals surface area contributed by atoms with Gasteiger partial charge in [0.25, 0.3) is 0 Å². The molecule has 0 aliphatic rings. The summed E-state index contributed by atoms with van der Waals surface area (Å²) in [6.07, 6.45) is 1.50. The summed E-state index contributed by atoms with van der Waals surface area (Å²) in [4.78, 5) is 16.7. The first-order valence-corrected chi connectivity index (χ1v) is 8.35. The number of fused-ring (bicyclic) bond motifs is 1. The molecule has 1 heterocycles. The van der Waals surface area contributed by atoms with Gasteiger partial charge in [0, 0.05) is 23.7 Å². The molecule has 2 aromatic carbocycles. The number of nitrogens with two attached hydrogens (primary N) is 1. The highest BCUT2D eigenvalue weighted by Crippen LogP contribution is 2.30. The van der Waals surface area contributed by atoms with Crippen LogP contribution in [-0.4, -0.2) is 24.7 Å². The normalized spacial score (nSPS) is 10.5. The molecule has 0 aliphatic heterocycles. The number of carbonyl (C=O) groups is 1. The number of aromatic nitrogens is 1. The number of hydrogen-bond donors (Lipinski definition) is 2. The average Bonchev–Trinajstić information content (AvgIpc) is 2.66. The monoisotopic (exact) mass is 351 g/mol. The van der Waals surface area contributed by atoms with Gasteiger partial charge in [0.05, 0.1) is 30.6 Å². The maximum absolute atomic E-state index is 12.4. The third kappa shape index (κ3) is 3.39. The molecule has 134 valence electrons. The zero-order valence-corrected chi connectivity index (χ0v) is 14.8. The van der Waals surface area contributed by atoms with Crippen LogP contribution < -0.4 is 15.8 Å². The van der Waals surface area contributed by atoms with Gasteiger partial charge < -0.3 is 20.5 Å². The number of esters is 1. The average molecular weight is 351 g/mol. The zero-order chi connectivity index (χ0) is 18.5. The van der Waals surface area contributed by atoms with E-state index in [1.54, 1.807) is 20.1 Å². The number of nitrogens with one attached hydrogen (secondary N) is 1. The Bertz CT molecular complexity index is 941. The SMILES string of the molecule is CCOC(=O)c1cnc2c(N)cccc2c1NCc1ccccc1OC. The van der Waals surface area contributed by atoms with Crippen molar-refractivity contribution < 1.29 is 14.3 Å². The van der Waals surface area contributed by atoms with Crippen molar-refractivity contribution >= 4 is 28.2 Å². The Labute approximate surface area is 151 Å². The van der Waals surface area contributed by atoms with Crippen molar-refractivity contribution in [3.63, 3.8) is 0 Å². The minimum absolute atomic E-state index is 0.291. The van der Waals surface area contributed by atoms with Gasteiger partial charge in [0.1, 0.15) is 11.3 Å². The molecule has 0 fully saturated rings. The Hall–Kier alpha value is -3.28. The van der Waals surface area contributed by atoms with Crippen molar-refractivity contribution in [2.45, 2.75) is 13.5 Å². The fourth-order valence-electron chi connectivity index (χ4n) is 2.83. The number of rotatable bonds is 6. The van der Waals surface area contributed by atoms with Crippen molar-refractivity contribution in [1.29, 1.82) is 0 Å². The van der Waals surface area contributed by atoms with E-state index in [0.29, 0.717) is 35.6 Å². The molecule has 3 N–H and O–H groups in total. The van der Waals surface area contributed by atoms with Crippen LogP contribution in [0.5, 0.6) is 5.75 Å². The fraction of sp³-hybridized carbons (Fsp3) is 0.200. The second-order valence-corrected chi connectivity index (χ2v) is 5.68. The van der Waals surface area contributed by atoms with E-state index < -0.39 is 5.97 Å². The molecule has 6 nitrogen and oxygen atoms in total. The summed E-state index contributed by atoms with van der Waals surface area (Å²) in [6.45, 7) is 2.54. The predicted octanol–water partition coefficient (Wildman–Crippen LogP) is 3.61. The number of nitrogens with zero attached hydrogens (tertiary/aromatic N) is 1. The number of ether oxygens (including phenoxy) is 2. The van der Waals surface area contributed by atoms with E-state index in [0.717, 1.165) is 16.7 Å². The highest BCUT2D eigenvalue weighted by atomic mass is 16.5. The van der Waals surface area contributed by atoms with Gasteiger partial charge in [0.2, 0.25) is 0 Å². The van der Waals surface area contributed by atoms with Gasteiger partial charge in [-0.25, -0.2) is 4.79 Å². The second kappa shape index (κ2) is 7.74. The summed E-state index contributed by atoms with van der Waals surface area (Å²) in [5, 5.41) is 4.11. The molecule has 0 amide bonds. The maximum atomic E-state index is 12.4. The fourth-order valence-corrected chi connectivity index (χ4v) is 2.83. The minimum Gasteiger partial charge on any atom is -0.496 e. The lowest BCUT2D eigenvalue weighted by Gasteiger charge is -2.16. The molecule has 3 aromatic rings. The first-order chi connectivity index (χ1) is 12.7. The van der Waals surface area contributed by atoms with Crippen LogP contribution in [0.2, 0.25) is 0 Å². The van der Waals surface area contributed by atoms with Crippen molar-refractivity contribution in [2.75, 3.05) is 24.8 Å². The Morgan fingerprint density at radius 3 is 2.77 bits per heavy atom. The van der Waals surface area contributed by atoms with Gasteiger partial charge in [-0.3, -0.25) is 4.98 Å². The largest absolute Gasteiger partial charge is 0.496 e. The number of hydrogen-bond acceptors (Lipinski definition) is 6. The van der Waals surface area contributed by atoms with Crippen molar-refractivity contribution in [2.24, 2.45) is 0 Å². The van der Waals surface area contributed by atoms with E-state index in [1.807, 2.05) is 36.4 Å². The van der Waals surface area contributed by atoms with E-state index in [9.17, 15) is 4.79 Å². The number of carbonyl (C=O) groups excluding carboxylic acids is 1. The lowest BCUT2D eigenvalue weighted by molar-refractivity contribution is 0.0527. The van der Waals surface area contributed by atoms with Gasteiger partial charge in [-0.1, -0.05) is 30.3 Å². The third-order valence-corrected chi connectivity index (χ3v) is 4.07. The molecule has 6 heteroatoms. The first kappa shape index (κ1) is 17.5. The second-order valence-electron chi connectivity index (χ2n) is 5.68. The van der Waals surface area contributed by atoms with Gasteiger partial charge in [-0.15, -0.1) is 0 Å². The van der Waals surface area contributed by atoms with Gasteiger partial charge in [-0.2, -0.15) is 0 Å². The molecule has 0 aliphatic carbocycles. The van der Waals surface area contributed by atoms with Crippen LogP contribution in [0.4, 0.5) is 11.4 Å². The van der Waals surface area contributed by atoms with Crippen LogP contribution in [-0.2, 0) is 11.3 Å². The third-order valence-electron chi connectivity index (χ3n) is 4.07. The van der Waals surface area contributed by atoms with Crippen LogP contribution in [0.15, 0.2) is 48.7 Å². The van der Waals surface area contributed by atoms with E-state index in [-0.39, 0.29) is 0 Å². The molecule has 1 aromatic heterocycles. The number of para-hydroxylation sites is 2. The van der Waals surface area contributed by atoms with E-state index in [2.05, 4.69) is 10.3 Å². The molecule has 3 rings (SSSR count). The molecular formula is C20H21N3O3. The van der Waals surface area contributed by atoms with Gasteiger partial charge in [-0.05, 0) is 19.1 Å². The highest BCUT2D eigenvalue weighted by Gasteiger charge is 2.17. The molecule has 26 heavy (non-hydrogen) atoms. The van der Waals surface area contributed by atoms with E-state index in [4.69, 9.17) is 15.2 Å². The summed E-state index contributed by atoms with van der Waals surface area (Å²) in [7, 11) is 1.63. The molecular weight excluding hydrogens is 330 g/mol. The van der Waals surface area contributed by atoms with Crippen LogP contribution in [0.3, 0.4) is 0 Å². The molecule has 0 saturated carbocycles. The van der Waals surface area contributed by atoms with Gasteiger partial charge >= 0.3 is 5.97 Å². The number of anilines is 2. The summed E-state index contributed by atoms with van der Waals surface area (Å²) in [6, 6.07) is 13.2. The predicted molar refractivity (Wildman–Crippen MR) is 102 cm³/mol. The molecule has 0 unspecified atom stereocenters. The van der Waals surface area contributed by atoms with Crippen molar-refractivity contribution in [3.8, 4) is 5.75 Å². The lowest BCUT2D eigenvalue weighted by Crippen LogP contribution is -2.12. The van der Waals surface area contributed by atoms with Crippen molar-refractivity contribution in [1.82, 2.24) is 4.98 Å². The Balaban J connectivity index is 2.05. The maximum Gasteiger partial charge on any atom is 0.341 e. The van der Waals surface area contributed by atoms with Crippen LogP contribution >= 0.6 is 0 Å². The molecule has 0 radical (unpaired) electrons. The summed E-state index contributed by atoms with van der Waals surface area (Å²) in [5.41, 5.74) is 9.22. The first-order valence-electron chi connectivity index (χ1n) is 8.35. The van der Waals surface area contributed by atoms with Crippen molar-refractivity contribution in [3.05, 3.63) is 59.8 Å². The lowest BCUT2D eigenvalue weighted by atomic mass is 10.1. The Kier molecular flexibility index (Phi) is 5.22. The molecule has 0 spiro atoms. The summed E-state index contributed by atoms with van der Waals surface area (Å²) < 4.78 is 10.6. The number of benzene rings is 2. The minimum atomic E-state index is -0.424. The van der Waals surface area contributed by atoms with Crippen LogP contribution in [0, 0.1) is 0 Å². The summed E-state index contributed by atoms with van der Waals surface area (Å²) in [5.74, 6) is 0.349. The molecule has 0 atom stereocenters. The Morgan fingerprint density at radius 2 is 2.00 bits per heavy atom. The standard InChI is InChI=1S/C20H21N3O3/c1-3-26-20(24)15-12-23-19-14(8-6-9-16(19)21)18(15)22-11-13-7-4-5-10-17(13)25-2/h4-10,12H,3,11,21H2,1-2H3,(H,22,23). The van der Waals surface area contributed by atoms with Gasteiger partial charge in [0.15, 0.2) is 0 Å². The molecule has 0 saturated heterocycles. The zero-order valence-electron chi connectivity index (χ0n) is 14.8. The highest BCUT2D eigenvalue weighted by molar-refractivity contribution is 6.07. The topological polar surface area (TPSA) is 86.5 Å². The van der Waals surface area contributed by atoms with Crippen LogP contribution in [0.1, 0.15) is 22.8 Å². The summed E-state index contributed by atoms with van der Waals surface area (Å²) >= 11 is 0. The Morgan fingerprint density at radius 1 is 1.19 bits per heavy atom. The number of pyridine rings is 1. The number of methoxy groups -OCH3 is 1. The molecule has 0 bridgehead atoms. The quantitative estimate of drug-likeness (QED) is 0.521. The van der Waals surface area contributed by atoms with Crippen LogP contribution in [0.25, 0.3) is 10.9 Å². The smallest absolute Gasteiger partial charge is 0.341 e.